The van der Waals surface area contributed by atoms with E-state index in [1.54, 1.807) is 12.1 Å². The van der Waals surface area contributed by atoms with Gasteiger partial charge in [-0.15, -0.1) is 0 Å². The van der Waals surface area contributed by atoms with Gasteiger partial charge in [-0.25, -0.2) is 0 Å². The van der Waals surface area contributed by atoms with Gasteiger partial charge in [0.1, 0.15) is 11.0 Å². The molecule has 0 atom stereocenters. The van der Waals surface area contributed by atoms with Crippen molar-refractivity contribution >= 4 is 55.4 Å². The van der Waals surface area contributed by atoms with Gasteiger partial charge in [-0.2, -0.15) is 8.75 Å². The maximum absolute atomic E-state index is 10.9. The number of thiophene rings is 2. The number of aromatic nitrogens is 2. The summed E-state index contributed by atoms with van der Waals surface area (Å²) in [4.78, 5) is 22.4. The number of nitrogens with zero attached hydrogens (tertiary/aromatic N) is 4. The van der Waals surface area contributed by atoms with Crippen molar-refractivity contribution in [2.75, 3.05) is 0 Å². The minimum absolute atomic E-state index is 0.0595. The van der Waals surface area contributed by atoms with Gasteiger partial charge in [0.2, 0.25) is 0 Å². The average molecular weight is 390 g/mol. The topological polar surface area (TPSA) is 112 Å². The van der Waals surface area contributed by atoms with Crippen molar-refractivity contribution in [3.05, 3.63) is 56.6 Å². The molecule has 0 radical (unpaired) electrons. The van der Waals surface area contributed by atoms with E-state index in [0.29, 0.717) is 11.0 Å². The normalized spacial score (nSPS) is 11.0. The third-order valence-corrected chi connectivity index (χ3v) is 6.16. The smallest absolute Gasteiger partial charge is 0.258 e. The summed E-state index contributed by atoms with van der Waals surface area (Å²) < 4.78 is 8.63. The molecule has 0 saturated carbocycles. The molecule has 1 aromatic carbocycles. The fraction of sp³-hybridized carbons (Fsp3) is 0. The lowest BCUT2D eigenvalue weighted by Crippen LogP contribution is -1.82. The predicted octanol–water partition coefficient (Wildman–Crippen LogP) is 4.96. The molecule has 11 heteroatoms. The molecule has 25 heavy (non-hydrogen) atoms. The zero-order chi connectivity index (χ0) is 17.6. The molecule has 4 rings (SSSR count). The van der Waals surface area contributed by atoms with E-state index in [1.807, 2.05) is 12.1 Å². The highest BCUT2D eigenvalue weighted by molar-refractivity contribution is 7.19. The van der Waals surface area contributed by atoms with Gasteiger partial charge >= 0.3 is 10.0 Å². The van der Waals surface area contributed by atoms with E-state index < -0.39 is 9.85 Å². The van der Waals surface area contributed by atoms with Gasteiger partial charge in [-0.05, 0) is 12.1 Å². The number of hydrogen-bond donors (Lipinski definition) is 0. The molecule has 0 spiro atoms. The molecule has 0 aliphatic rings. The predicted molar refractivity (Wildman–Crippen MR) is 97.3 cm³/mol. The minimum Gasteiger partial charge on any atom is -0.258 e. The molecule has 3 aromatic heterocycles. The van der Waals surface area contributed by atoms with Crippen molar-refractivity contribution in [3.63, 3.8) is 0 Å². The highest BCUT2D eigenvalue weighted by Crippen LogP contribution is 2.41. The van der Waals surface area contributed by atoms with E-state index in [-0.39, 0.29) is 10.0 Å². The van der Waals surface area contributed by atoms with E-state index >= 15 is 0 Å². The van der Waals surface area contributed by atoms with E-state index in [0.717, 1.165) is 55.3 Å². The van der Waals surface area contributed by atoms with Crippen molar-refractivity contribution in [1.82, 2.24) is 8.75 Å². The monoisotopic (exact) mass is 390 g/mol. The van der Waals surface area contributed by atoms with Crippen molar-refractivity contribution in [1.29, 1.82) is 0 Å². The molecule has 0 amide bonds. The van der Waals surface area contributed by atoms with Crippen molar-refractivity contribution in [2.24, 2.45) is 0 Å². The van der Waals surface area contributed by atoms with Gasteiger partial charge < -0.3 is 0 Å². The second kappa shape index (κ2) is 5.95. The molecule has 0 unspecified atom stereocenters. The fourth-order valence-electron chi connectivity index (χ4n) is 2.41. The Morgan fingerprint density at radius 2 is 1.16 bits per heavy atom. The highest BCUT2D eigenvalue weighted by atomic mass is 32.1. The average Bonchev–Trinajstić information content (AvgIpc) is 3.32. The van der Waals surface area contributed by atoms with Crippen LogP contribution < -0.4 is 0 Å². The van der Waals surface area contributed by atoms with E-state index in [9.17, 15) is 20.2 Å². The Bertz CT molecular complexity index is 1040. The highest BCUT2D eigenvalue weighted by Gasteiger charge is 2.19. The number of rotatable bonds is 4. The fourth-order valence-corrected chi connectivity index (χ4v) is 4.67. The van der Waals surface area contributed by atoms with Crippen LogP contribution in [0.2, 0.25) is 0 Å². The number of hydrogen-bond acceptors (Lipinski definition) is 9. The zero-order valence-electron chi connectivity index (χ0n) is 12.1. The molecule has 0 N–H and O–H groups in total. The van der Waals surface area contributed by atoms with Gasteiger partial charge in [0, 0.05) is 33.0 Å². The van der Waals surface area contributed by atoms with Crippen molar-refractivity contribution in [3.8, 4) is 20.9 Å². The molecule has 0 aliphatic heterocycles. The minimum atomic E-state index is -0.427. The van der Waals surface area contributed by atoms with Crippen LogP contribution in [0, 0.1) is 20.2 Å². The summed E-state index contributed by atoms with van der Waals surface area (Å²) in [6.45, 7) is 0. The quantitative estimate of drug-likeness (QED) is 0.359. The molecule has 4 aromatic rings. The second-order valence-electron chi connectivity index (χ2n) is 4.91. The largest absolute Gasteiger partial charge is 0.324 e. The lowest BCUT2D eigenvalue weighted by atomic mass is 10.1. The Kier molecular flexibility index (Phi) is 3.75. The van der Waals surface area contributed by atoms with Gasteiger partial charge in [-0.3, -0.25) is 20.2 Å². The maximum atomic E-state index is 10.9. The molecule has 0 aliphatic carbocycles. The molecule has 8 nitrogen and oxygen atoms in total. The van der Waals surface area contributed by atoms with Crippen LogP contribution in [0.1, 0.15) is 0 Å². The van der Waals surface area contributed by atoms with Crippen LogP contribution in [0.15, 0.2) is 36.4 Å². The van der Waals surface area contributed by atoms with Crippen LogP contribution in [0.25, 0.3) is 31.9 Å². The van der Waals surface area contributed by atoms with E-state index in [2.05, 4.69) is 8.75 Å². The van der Waals surface area contributed by atoms with Crippen LogP contribution in [0.4, 0.5) is 10.0 Å². The summed E-state index contributed by atoms with van der Waals surface area (Å²) in [5.74, 6) is 0. The Hall–Kier alpha value is -2.76. The van der Waals surface area contributed by atoms with E-state index in [4.69, 9.17) is 0 Å². The first-order valence-electron chi connectivity index (χ1n) is 6.79. The summed E-state index contributed by atoms with van der Waals surface area (Å²) in [5.41, 5.74) is 2.79. The van der Waals surface area contributed by atoms with Crippen LogP contribution >= 0.6 is 34.4 Å². The summed E-state index contributed by atoms with van der Waals surface area (Å²) >= 11 is 3.18. The van der Waals surface area contributed by atoms with Crippen LogP contribution in [-0.4, -0.2) is 18.6 Å². The summed E-state index contributed by atoms with van der Waals surface area (Å²) in [5, 5.41) is 21.9. The summed E-state index contributed by atoms with van der Waals surface area (Å²) in [7, 11) is 0. The first-order chi connectivity index (χ1) is 12.0. The first-order valence-corrected chi connectivity index (χ1v) is 9.15. The van der Waals surface area contributed by atoms with Gasteiger partial charge in [-0.1, -0.05) is 34.8 Å². The van der Waals surface area contributed by atoms with Crippen molar-refractivity contribution < 1.29 is 9.85 Å². The molecule has 3 heterocycles. The summed E-state index contributed by atoms with van der Waals surface area (Å²) in [6, 6.07) is 9.93. The number of nitro groups is 2. The second-order valence-corrected chi connectivity index (χ2v) is 7.57. The Labute approximate surface area is 151 Å². The SMILES string of the molecule is O=[N+]([O-])c1ccc(-c2ccc(-c3ccc([N+](=O)[O-])s3)c3nsnc23)s1. The number of fused-ring (bicyclic) bond motifs is 1. The van der Waals surface area contributed by atoms with Gasteiger partial charge in [0.25, 0.3) is 0 Å². The molecular formula is C14H6N4O4S3. The zero-order valence-corrected chi connectivity index (χ0v) is 14.6. The first kappa shape index (κ1) is 15.7. The van der Waals surface area contributed by atoms with Crippen LogP contribution in [0.3, 0.4) is 0 Å². The lowest BCUT2D eigenvalue weighted by molar-refractivity contribution is -0.380. The number of benzene rings is 1. The molecule has 0 saturated heterocycles. The third kappa shape index (κ3) is 2.67. The Balaban J connectivity index is 1.85. The van der Waals surface area contributed by atoms with Crippen LogP contribution in [0.5, 0.6) is 0 Å². The Morgan fingerprint density at radius 3 is 1.52 bits per heavy atom. The van der Waals surface area contributed by atoms with E-state index in [1.165, 1.54) is 12.1 Å². The Morgan fingerprint density at radius 1 is 0.720 bits per heavy atom. The summed E-state index contributed by atoms with van der Waals surface area (Å²) in [6.07, 6.45) is 0. The lowest BCUT2D eigenvalue weighted by Gasteiger charge is -2.02. The van der Waals surface area contributed by atoms with Crippen LogP contribution in [-0.2, 0) is 0 Å². The van der Waals surface area contributed by atoms with Crippen molar-refractivity contribution in [2.45, 2.75) is 0 Å². The standard InChI is InChI=1S/C14H6N4O4S3/c19-17(20)11-5-3-9(23-11)7-1-2-8(14-13(7)15-25-16-14)10-4-6-12(24-10)18(21)22/h1-6H. The molecule has 0 bridgehead atoms. The molecule has 124 valence electrons. The van der Waals surface area contributed by atoms with Gasteiger partial charge in [0.15, 0.2) is 0 Å². The molecular weight excluding hydrogens is 384 g/mol. The maximum Gasteiger partial charge on any atom is 0.324 e. The molecule has 0 fully saturated rings. The third-order valence-electron chi connectivity index (χ3n) is 3.49. The van der Waals surface area contributed by atoms with Gasteiger partial charge in [0.05, 0.1) is 21.6 Å².